The van der Waals surface area contributed by atoms with Gasteiger partial charge in [0.15, 0.2) is 0 Å². The molecule has 3 heteroatoms. The Bertz CT molecular complexity index is 410. The van der Waals surface area contributed by atoms with Crippen molar-refractivity contribution in [1.82, 2.24) is 10.2 Å². The van der Waals surface area contributed by atoms with Gasteiger partial charge in [-0.05, 0) is 52.2 Å². The van der Waals surface area contributed by atoms with Gasteiger partial charge in [0.05, 0.1) is 0 Å². The van der Waals surface area contributed by atoms with Gasteiger partial charge in [-0.1, -0.05) is 0 Å². The highest BCUT2D eigenvalue weighted by atomic mass is 32.1. The molecule has 1 aliphatic heterocycles. The van der Waals surface area contributed by atoms with E-state index in [4.69, 9.17) is 0 Å². The average Bonchev–Trinajstić information content (AvgIpc) is 2.97. The van der Waals surface area contributed by atoms with Crippen LogP contribution in [-0.4, -0.2) is 29.6 Å². The minimum atomic E-state index is 0.500. The van der Waals surface area contributed by atoms with E-state index in [1.807, 2.05) is 11.3 Å². The summed E-state index contributed by atoms with van der Waals surface area (Å²) in [7, 11) is 0. The highest BCUT2D eigenvalue weighted by Gasteiger charge is 2.38. The van der Waals surface area contributed by atoms with Crippen LogP contribution in [0.4, 0.5) is 0 Å². The molecule has 1 aromatic rings. The third-order valence-corrected chi connectivity index (χ3v) is 5.50. The molecule has 0 spiro atoms. The lowest BCUT2D eigenvalue weighted by Gasteiger charge is -2.21. The minimum Gasteiger partial charge on any atom is -0.305 e. The van der Waals surface area contributed by atoms with E-state index in [1.165, 1.54) is 35.6 Å². The molecular weight excluding hydrogens is 240 g/mol. The summed E-state index contributed by atoms with van der Waals surface area (Å²) < 4.78 is 0. The Morgan fingerprint density at radius 3 is 2.78 bits per heavy atom. The molecule has 0 radical (unpaired) electrons. The SMILES string of the molecule is Cc1ccc(C(C)NC2CC(C)N(C3CC3)C2)s1. The quantitative estimate of drug-likeness (QED) is 0.897. The molecule has 1 saturated heterocycles. The van der Waals surface area contributed by atoms with Crippen LogP contribution in [0.25, 0.3) is 0 Å². The van der Waals surface area contributed by atoms with Crippen molar-refractivity contribution in [3.8, 4) is 0 Å². The lowest BCUT2D eigenvalue weighted by Crippen LogP contribution is -2.35. The van der Waals surface area contributed by atoms with E-state index in [9.17, 15) is 0 Å². The molecule has 2 nitrogen and oxygen atoms in total. The lowest BCUT2D eigenvalue weighted by molar-refractivity contribution is 0.254. The first kappa shape index (κ1) is 12.6. The highest BCUT2D eigenvalue weighted by Crippen LogP contribution is 2.34. The normalized spacial score (nSPS) is 30.8. The topological polar surface area (TPSA) is 15.3 Å². The molecule has 1 aliphatic carbocycles. The van der Waals surface area contributed by atoms with E-state index in [1.54, 1.807) is 0 Å². The van der Waals surface area contributed by atoms with Gasteiger partial charge in [0.2, 0.25) is 0 Å². The fourth-order valence-corrected chi connectivity index (χ4v) is 4.10. The maximum absolute atomic E-state index is 3.82. The molecule has 1 N–H and O–H groups in total. The number of hydrogen-bond donors (Lipinski definition) is 1. The van der Waals surface area contributed by atoms with E-state index in [2.05, 4.69) is 43.1 Å². The monoisotopic (exact) mass is 264 g/mol. The van der Waals surface area contributed by atoms with Gasteiger partial charge in [-0.25, -0.2) is 0 Å². The number of thiophene rings is 1. The molecule has 18 heavy (non-hydrogen) atoms. The highest BCUT2D eigenvalue weighted by molar-refractivity contribution is 7.12. The van der Waals surface area contributed by atoms with Gasteiger partial charge in [0, 0.05) is 40.5 Å². The van der Waals surface area contributed by atoms with Crippen LogP contribution in [0, 0.1) is 6.92 Å². The zero-order valence-electron chi connectivity index (χ0n) is 11.6. The summed E-state index contributed by atoms with van der Waals surface area (Å²) in [5.41, 5.74) is 0. The van der Waals surface area contributed by atoms with E-state index in [0.29, 0.717) is 12.1 Å². The van der Waals surface area contributed by atoms with E-state index >= 15 is 0 Å². The molecule has 2 heterocycles. The molecule has 0 bridgehead atoms. The Balaban J connectivity index is 1.57. The summed E-state index contributed by atoms with van der Waals surface area (Å²) in [6, 6.07) is 7.36. The first-order chi connectivity index (χ1) is 8.63. The largest absolute Gasteiger partial charge is 0.305 e. The Labute approximate surface area is 114 Å². The molecule has 2 aliphatic rings. The summed E-state index contributed by atoms with van der Waals surface area (Å²) >= 11 is 1.92. The van der Waals surface area contributed by atoms with Crippen LogP contribution in [0.1, 0.15) is 48.9 Å². The van der Waals surface area contributed by atoms with E-state index in [-0.39, 0.29) is 0 Å². The van der Waals surface area contributed by atoms with Crippen LogP contribution in [0.2, 0.25) is 0 Å². The maximum atomic E-state index is 3.82. The smallest absolute Gasteiger partial charge is 0.0388 e. The van der Waals surface area contributed by atoms with Crippen molar-refractivity contribution in [2.45, 2.75) is 64.2 Å². The first-order valence-corrected chi connectivity index (χ1v) is 8.03. The van der Waals surface area contributed by atoms with E-state index < -0.39 is 0 Å². The van der Waals surface area contributed by atoms with Crippen molar-refractivity contribution in [2.24, 2.45) is 0 Å². The zero-order valence-corrected chi connectivity index (χ0v) is 12.5. The lowest BCUT2D eigenvalue weighted by atomic mass is 10.1. The molecule has 100 valence electrons. The second-order valence-electron chi connectivity index (χ2n) is 6.05. The number of nitrogens with one attached hydrogen (secondary N) is 1. The number of rotatable bonds is 4. The zero-order chi connectivity index (χ0) is 12.7. The summed E-state index contributed by atoms with van der Waals surface area (Å²) in [5, 5.41) is 3.82. The van der Waals surface area contributed by atoms with Gasteiger partial charge in [-0.2, -0.15) is 0 Å². The molecule has 0 aromatic carbocycles. The van der Waals surface area contributed by atoms with Crippen molar-refractivity contribution < 1.29 is 0 Å². The Hall–Kier alpha value is -0.380. The van der Waals surface area contributed by atoms with Crippen molar-refractivity contribution in [2.75, 3.05) is 6.54 Å². The third-order valence-electron chi connectivity index (χ3n) is 4.31. The van der Waals surface area contributed by atoms with E-state index in [0.717, 1.165) is 12.1 Å². The van der Waals surface area contributed by atoms with Gasteiger partial charge in [-0.15, -0.1) is 11.3 Å². The van der Waals surface area contributed by atoms with Gasteiger partial charge in [0.25, 0.3) is 0 Å². The first-order valence-electron chi connectivity index (χ1n) is 7.21. The molecule has 1 saturated carbocycles. The maximum Gasteiger partial charge on any atom is 0.0388 e. The van der Waals surface area contributed by atoms with Gasteiger partial charge >= 0.3 is 0 Å². The second kappa shape index (κ2) is 4.95. The predicted octanol–water partition coefficient (Wildman–Crippen LogP) is 3.33. The Morgan fingerprint density at radius 1 is 1.39 bits per heavy atom. The third kappa shape index (κ3) is 2.63. The summed E-state index contributed by atoms with van der Waals surface area (Å²) in [5.74, 6) is 0. The fraction of sp³-hybridized carbons (Fsp3) is 0.733. The molecule has 2 fully saturated rings. The molecule has 1 aromatic heterocycles. The van der Waals surface area contributed by atoms with Crippen molar-refractivity contribution >= 4 is 11.3 Å². The molecule has 3 atom stereocenters. The molecular formula is C15H24N2S. The molecule has 0 amide bonds. The van der Waals surface area contributed by atoms with Gasteiger partial charge in [0.1, 0.15) is 0 Å². The van der Waals surface area contributed by atoms with Crippen molar-refractivity contribution in [3.05, 3.63) is 21.9 Å². The van der Waals surface area contributed by atoms with Crippen LogP contribution in [-0.2, 0) is 0 Å². The second-order valence-corrected chi connectivity index (χ2v) is 7.37. The Morgan fingerprint density at radius 2 is 2.17 bits per heavy atom. The molecule has 3 unspecified atom stereocenters. The number of likely N-dealkylation sites (tertiary alicyclic amines) is 1. The molecule has 3 rings (SSSR count). The number of nitrogens with zero attached hydrogens (tertiary/aromatic N) is 1. The van der Waals surface area contributed by atoms with Gasteiger partial charge in [-0.3, -0.25) is 4.90 Å². The fourth-order valence-electron chi connectivity index (χ4n) is 3.21. The van der Waals surface area contributed by atoms with Crippen molar-refractivity contribution in [1.29, 1.82) is 0 Å². The minimum absolute atomic E-state index is 0.500. The summed E-state index contributed by atoms with van der Waals surface area (Å²) in [6.45, 7) is 8.13. The van der Waals surface area contributed by atoms with Crippen LogP contribution >= 0.6 is 11.3 Å². The number of aryl methyl sites for hydroxylation is 1. The van der Waals surface area contributed by atoms with Crippen LogP contribution in [0.3, 0.4) is 0 Å². The number of hydrogen-bond acceptors (Lipinski definition) is 3. The summed E-state index contributed by atoms with van der Waals surface area (Å²) in [6.07, 6.45) is 4.17. The van der Waals surface area contributed by atoms with Gasteiger partial charge < -0.3 is 5.32 Å². The predicted molar refractivity (Wildman–Crippen MR) is 78.2 cm³/mol. The Kier molecular flexibility index (Phi) is 3.48. The van der Waals surface area contributed by atoms with Crippen LogP contribution in [0.5, 0.6) is 0 Å². The summed E-state index contributed by atoms with van der Waals surface area (Å²) in [4.78, 5) is 5.60. The van der Waals surface area contributed by atoms with Crippen molar-refractivity contribution in [3.63, 3.8) is 0 Å². The average molecular weight is 264 g/mol. The van der Waals surface area contributed by atoms with Crippen LogP contribution < -0.4 is 5.32 Å². The standard InChI is InChI=1S/C15H24N2S/c1-10-8-13(9-17(10)14-5-6-14)16-12(3)15-7-4-11(2)18-15/h4,7,10,12-14,16H,5-6,8-9H2,1-3H3. The van der Waals surface area contributed by atoms with Crippen LogP contribution in [0.15, 0.2) is 12.1 Å².